The molecule has 0 saturated heterocycles. The molecule has 0 aliphatic carbocycles. The van der Waals surface area contributed by atoms with Crippen LogP contribution >= 0.6 is 0 Å². The maximum Gasteiger partial charge on any atom is 0.340 e. The highest BCUT2D eigenvalue weighted by molar-refractivity contribution is 6.76. The molecule has 7 heteroatoms. The summed E-state index contributed by atoms with van der Waals surface area (Å²) < 4.78 is 6.69. The summed E-state index contributed by atoms with van der Waals surface area (Å²) in [5.41, 5.74) is -0.0678. The summed E-state index contributed by atoms with van der Waals surface area (Å²) >= 11 is 0. The molecule has 98 valence electrons. The minimum absolute atomic E-state index is 0.0236. The molecule has 0 spiro atoms. The van der Waals surface area contributed by atoms with Crippen LogP contribution < -0.4 is 0 Å². The zero-order valence-electron chi connectivity index (χ0n) is 10.8. The Labute approximate surface area is 107 Å². The van der Waals surface area contributed by atoms with E-state index in [1.54, 1.807) is 0 Å². The van der Waals surface area contributed by atoms with Crippen LogP contribution in [-0.2, 0) is 11.5 Å². The number of carboxylic acid groups (broad SMARTS) is 1. The summed E-state index contributed by atoms with van der Waals surface area (Å²) in [5.74, 6) is -1.15. The molecule has 0 atom stereocenters. The molecule has 1 aromatic rings. The van der Waals surface area contributed by atoms with E-state index >= 15 is 0 Å². The molecule has 1 rings (SSSR count). The smallest absolute Gasteiger partial charge is 0.340 e. The van der Waals surface area contributed by atoms with Gasteiger partial charge in [-0.3, -0.25) is 0 Å². The van der Waals surface area contributed by atoms with Crippen LogP contribution in [0.3, 0.4) is 0 Å². The highest BCUT2D eigenvalue weighted by atomic mass is 28.3. The number of aromatic nitrogens is 2. The summed E-state index contributed by atoms with van der Waals surface area (Å²) in [6.07, 6.45) is 1.17. The third-order valence-corrected chi connectivity index (χ3v) is 4.09. The van der Waals surface area contributed by atoms with Gasteiger partial charge in [0.2, 0.25) is 0 Å². The SMILES string of the molecule is C[Si](C)(C)CCOCn1ncc(C(=O)O)c1C#N. The molecule has 1 heterocycles. The summed E-state index contributed by atoms with van der Waals surface area (Å²) in [5, 5.41) is 21.6. The molecule has 6 nitrogen and oxygen atoms in total. The fourth-order valence-corrected chi connectivity index (χ4v) is 2.04. The normalized spacial score (nSPS) is 11.2. The predicted octanol–water partition coefficient (Wildman–Crippen LogP) is 1.77. The van der Waals surface area contributed by atoms with Crippen molar-refractivity contribution in [1.82, 2.24) is 9.78 Å². The van der Waals surface area contributed by atoms with Gasteiger partial charge in [0, 0.05) is 14.7 Å². The van der Waals surface area contributed by atoms with E-state index in [0.29, 0.717) is 6.61 Å². The molecule has 0 aliphatic rings. The van der Waals surface area contributed by atoms with E-state index in [9.17, 15) is 4.79 Å². The monoisotopic (exact) mass is 267 g/mol. The molecule has 1 aromatic heterocycles. The van der Waals surface area contributed by atoms with Crippen LogP contribution in [0.1, 0.15) is 16.1 Å². The first-order chi connectivity index (χ1) is 8.35. The van der Waals surface area contributed by atoms with Crippen molar-refractivity contribution < 1.29 is 14.6 Å². The maximum atomic E-state index is 10.8. The first-order valence-corrected chi connectivity index (χ1v) is 9.33. The fraction of sp³-hybridized carbons (Fsp3) is 0.545. The molecular formula is C11H17N3O3Si. The number of nitrogens with zero attached hydrogens (tertiary/aromatic N) is 3. The molecule has 0 unspecified atom stereocenters. The van der Waals surface area contributed by atoms with E-state index in [0.717, 1.165) is 6.04 Å². The second-order valence-electron chi connectivity index (χ2n) is 5.17. The van der Waals surface area contributed by atoms with Crippen LogP contribution in [-0.4, -0.2) is 35.5 Å². The molecule has 0 aliphatic heterocycles. The van der Waals surface area contributed by atoms with Crippen molar-refractivity contribution in [2.75, 3.05) is 6.61 Å². The summed E-state index contributed by atoms with van der Waals surface area (Å²) in [6.45, 7) is 7.44. The van der Waals surface area contributed by atoms with Crippen molar-refractivity contribution >= 4 is 14.0 Å². The van der Waals surface area contributed by atoms with Crippen molar-refractivity contribution in [2.24, 2.45) is 0 Å². The average Bonchev–Trinajstić information content (AvgIpc) is 2.66. The van der Waals surface area contributed by atoms with Gasteiger partial charge in [0.25, 0.3) is 0 Å². The number of carboxylic acids is 1. The summed E-state index contributed by atoms with van der Waals surface area (Å²) in [6, 6.07) is 2.85. The Morgan fingerprint density at radius 2 is 2.28 bits per heavy atom. The quantitative estimate of drug-likeness (QED) is 0.626. The third kappa shape index (κ3) is 3.98. The highest BCUT2D eigenvalue weighted by Crippen LogP contribution is 2.10. The van der Waals surface area contributed by atoms with Crippen molar-refractivity contribution in [3.05, 3.63) is 17.5 Å². The van der Waals surface area contributed by atoms with E-state index in [1.807, 2.05) is 6.07 Å². The van der Waals surface area contributed by atoms with Gasteiger partial charge in [-0.15, -0.1) is 0 Å². The lowest BCUT2D eigenvalue weighted by Gasteiger charge is -2.15. The van der Waals surface area contributed by atoms with E-state index in [1.165, 1.54) is 10.9 Å². The predicted molar refractivity (Wildman–Crippen MR) is 68.0 cm³/mol. The lowest BCUT2D eigenvalue weighted by molar-refractivity contribution is 0.0692. The molecule has 0 aromatic carbocycles. The van der Waals surface area contributed by atoms with E-state index < -0.39 is 14.0 Å². The van der Waals surface area contributed by atoms with Gasteiger partial charge in [0.1, 0.15) is 18.4 Å². The van der Waals surface area contributed by atoms with Gasteiger partial charge in [-0.2, -0.15) is 10.4 Å². The molecule has 0 saturated carbocycles. The summed E-state index contributed by atoms with van der Waals surface area (Å²) in [4.78, 5) is 10.8. The Morgan fingerprint density at radius 1 is 1.61 bits per heavy atom. The van der Waals surface area contributed by atoms with E-state index in [2.05, 4.69) is 24.7 Å². The maximum absolute atomic E-state index is 10.8. The molecule has 18 heavy (non-hydrogen) atoms. The van der Waals surface area contributed by atoms with E-state index in [4.69, 9.17) is 15.1 Å². The highest BCUT2D eigenvalue weighted by Gasteiger charge is 2.17. The zero-order valence-corrected chi connectivity index (χ0v) is 11.8. The lowest BCUT2D eigenvalue weighted by atomic mass is 10.3. The Hall–Kier alpha value is -1.65. The van der Waals surface area contributed by atoms with Gasteiger partial charge in [-0.05, 0) is 6.04 Å². The van der Waals surface area contributed by atoms with Gasteiger partial charge in [0.05, 0.1) is 6.20 Å². The van der Waals surface area contributed by atoms with Crippen LogP contribution in [0, 0.1) is 11.3 Å². The van der Waals surface area contributed by atoms with Crippen LogP contribution in [0.4, 0.5) is 0 Å². The van der Waals surface area contributed by atoms with Crippen LogP contribution in [0.25, 0.3) is 0 Å². The summed E-state index contributed by atoms with van der Waals surface area (Å²) in [7, 11) is -1.14. The number of carbonyl (C=O) groups is 1. The van der Waals surface area contributed by atoms with Crippen LogP contribution in [0.15, 0.2) is 6.20 Å². The molecular weight excluding hydrogens is 250 g/mol. The van der Waals surface area contributed by atoms with Crippen molar-refractivity contribution in [3.8, 4) is 6.07 Å². The van der Waals surface area contributed by atoms with Crippen molar-refractivity contribution in [3.63, 3.8) is 0 Å². The molecule has 0 fully saturated rings. The molecule has 0 amide bonds. The molecule has 1 N–H and O–H groups in total. The van der Waals surface area contributed by atoms with Gasteiger partial charge in [-0.1, -0.05) is 19.6 Å². The van der Waals surface area contributed by atoms with Crippen molar-refractivity contribution in [2.45, 2.75) is 32.4 Å². The number of nitriles is 1. The first-order valence-electron chi connectivity index (χ1n) is 5.62. The second-order valence-corrected chi connectivity index (χ2v) is 10.8. The number of aromatic carboxylic acids is 1. The Bertz CT molecular complexity index is 471. The Kier molecular flexibility index (Phi) is 4.64. The number of ether oxygens (including phenoxy) is 1. The third-order valence-electron chi connectivity index (χ3n) is 2.39. The fourth-order valence-electron chi connectivity index (χ4n) is 1.29. The second kappa shape index (κ2) is 5.80. The minimum atomic E-state index is -1.15. The average molecular weight is 267 g/mol. The largest absolute Gasteiger partial charge is 0.478 e. The first kappa shape index (κ1) is 14.4. The topological polar surface area (TPSA) is 88.1 Å². The number of hydrogen-bond donors (Lipinski definition) is 1. The van der Waals surface area contributed by atoms with Gasteiger partial charge in [0.15, 0.2) is 5.69 Å². The number of rotatable bonds is 6. The van der Waals surface area contributed by atoms with Gasteiger partial charge < -0.3 is 9.84 Å². The van der Waals surface area contributed by atoms with Gasteiger partial charge in [-0.25, -0.2) is 9.48 Å². The lowest BCUT2D eigenvalue weighted by Crippen LogP contribution is -2.22. The number of hydrogen-bond acceptors (Lipinski definition) is 4. The van der Waals surface area contributed by atoms with Crippen LogP contribution in [0.5, 0.6) is 0 Å². The zero-order chi connectivity index (χ0) is 13.8. The minimum Gasteiger partial charge on any atom is -0.478 e. The van der Waals surface area contributed by atoms with Crippen LogP contribution in [0.2, 0.25) is 25.7 Å². The van der Waals surface area contributed by atoms with Gasteiger partial charge >= 0.3 is 5.97 Å². The molecule has 0 bridgehead atoms. The Balaban J connectivity index is 2.59. The van der Waals surface area contributed by atoms with E-state index in [-0.39, 0.29) is 18.0 Å². The molecule has 0 radical (unpaired) electrons. The van der Waals surface area contributed by atoms with Crippen molar-refractivity contribution in [1.29, 1.82) is 5.26 Å². The Morgan fingerprint density at radius 3 is 2.78 bits per heavy atom. The standard InChI is InChI=1S/C11H17N3O3Si/c1-18(2,3)5-4-17-8-14-10(6-12)9(7-13-14)11(15)16/h7H,4-5,8H2,1-3H3,(H,15,16).